The summed E-state index contributed by atoms with van der Waals surface area (Å²) in [4.78, 5) is 0.969. The Bertz CT molecular complexity index is 634. The van der Waals surface area contributed by atoms with Crippen LogP contribution in [0, 0.1) is 5.92 Å². The maximum absolute atomic E-state index is 12.2. The first-order chi connectivity index (χ1) is 8.90. The third-order valence-electron chi connectivity index (χ3n) is 2.45. The molecule has 0 bridgehead atoms. The smallest absolute Gasteiger partial charge is 0.270 e. The highest BCUT2D eigenvalue weighted by atomic mass is 32.2. The van der Waals surface area contributed by atoms with Crippen LogP contribution in [0.25, 0.3) is 0 Å². The minimum absolute atomic E-state index is 0.104. The molecule has 0 saturated carbocycles. The summed E-state index contributed by atoms with van der Waals surface area (Å²) in [5.74, 6) is 0.124. The van der Waals surface area contributed by atoms with Gasteiger partial charge in [0, 0.05) is 4.88 Å². The van der Waals surface area contributed by atoms with Crippen molar-refractivity contribution >= 4 is 37.8 Å². The number of sulfonamides is 1. The Morgan fingerprint density at radius 3 is 2.58 bits per heavy atom. The zero-order valence-corrected chi connectivity index (χ0v) is 12.8. The van der Waals surface area contributed by atoms with Gasteiger partial charge in [0.05, 0.1) is 6.04 Å². The van der Waals surface area contributed by atoms with E-state index in [-0.39, 0.29) is 21.4 Å². The fraction of sp³-hybridized carbons (Fsp3) is 0.400. The summed E-state index contributed by atoms with van der Waals surface area (Å²) >= 11 is 2.37. The van der Waals surface area contributed by atoms with Crippen LogP contribution in [0.4, 0.5) is 5.13 Å². The summed E-state index contributed by atoms with van der Waals surface area (Å²) in [5, 5.41) is 9.16. The molecule has 9 heteroatoms. The maximum Gasteiger partial charge on any atom is 0.270 e. The number of thiophene rings is 1. The van der Waals surface area contributed by atoms with Gasteiger partial charge in [-0.05, 0) is 17.4 Å². The van der Waals surface area contributed by atoms with E-state index in [9.17, 15) is 8.42 Å². The Balaban J connectivity index is 2.27. The molecular weight excluding hydrogens is 304 g/mol. The van der Waals surface area contributed by atoms with Gasteiger partial charge in [-0.15, -0.1) is 21.5 Å². The van der Waals surface area contributed by atoms with E-state index in [0.29, 0.717) is 0 Å². The molecule has 6 nitrogen and oxygen atoms in total. The monoisotopic (exact) mass is 318 g/mol. The topological polar surface area (TPSA) is 98.0 Å². The van der Waals surface area contributed by atoms with Gasteiger partial charge in [-0.3, -0.25) is 0 Å². The van der Waals surface area contributed by atoms with E-state index in [4.69, 9.17) is 5.73 Å². The van der Waals surface area contributed by atoms with Gasteiger partial charge < -0.3 is 5.73 Å². The summed E-state index contributed by atoms with van der Waals surface area (Å²) in [6.45, 7) is 3.92. The Morgan fingerprint density at radius 2 is 2.11 bits per heavy atom. The van der Waals surface area contributed by atoms with Gasteiger partial charge in [-0.2, -0.15) is 0 Å². The molecule has 0 aliphatic carbocycles. The van der Waals surface area contributed by atoms with Crippen molar-refractivity contribution in [3.8, 4) is 0 Å². The van der Waals surface area contributed by atoms with E-state index in [1.807, 2.05) is 31.4 Å². The normalized spacial score (nSPS) is 13.8. The summed E-state index contributed by atoms with van der Waals surface area (Å²) < 4.78 is 27.0. The predicted molar refractivity (Wildman–Crippen MR) is 76.5 cm³/mol. The quantitative estimate of drug-likeness (QED) is 0.877. The molecule has 2 aromatic rings. The Morgan fingerprint density at radius 1 is 1.37 bits per heavy atom. The van der Waals surface area contributed by atoms with Crippen LogP contribution in [0.1, 0.15) is 24.8 Å². The molecule has 19 heavy (non-hydrogen) atoms. The summed E-state index contributed by atoms with van der Waals surface area (Å²) in [5.41, 5.74) is 5.42. The maximum atomic E-state index is 12.2. The van der Waals surface area contributed by atoms with Gasteiger partial charge in [0.25, 0.3) is 10.0 Å². The number of hydrogen-bond donors (Lipinski definition) is 2. The van der Waals surface area contributed by atoms with Gasteiger partial charge in [0.1, 0.15) is 0 Å². The third-order valence-corrected chi connectivity index (χ3v) is 5.97. The molecular formula is C10H14N4O2S3. The van der Waals surface area contributed by atoms with Crippen molar-refractivity contribution in [2.24, 2.45) is 5.92 Å². The first kappa shape index (κ1) is 14.4. The fourth-order valence-corrected chi connectivity index (χ4v) is 4.73. The van der Waals surface area contributed by atoms with Crippen LogP contribution in [0.2, 0.25) is 0 Å². The molecule has 0 aromatic carbocycles. The number of nitrogen functional groups attached to an aromatic ring is 1. The minimum Gasteiger partial charge on any atom is -0.374 e. The van der Waals surface area contributed by atoms with Crippen molar-refractivity contribution in [3.63, 3.8) is 0 Å². The van der Waals surface area contributed by atoms with Gasteiger partial charge in [0.2, 0.25) is 9.47 Å². The SMILES string of the molecule is CC(C)C(NS(=O)(=O)c1nnc(N)s1)c1cccs1. The van der Waals surface area contributed by atoms with E-state index in [1.54, 1.807) is 0 Å². The van der Waals surface area contributed by atoms with Gasteiger partial charge in [-0.1, -0.05) is 31.3 Å². The van der Waals surface area contributed by atoms with Gasteiger partial charge >= 0.3 is 0 Å². The largest absolute Gasteiger partial charge is 0.374 e. The number of hydrogen-bond acceptors (Lipinski definition) is 7. The first-order valence-electron chi connectivity index (χ1n) is 5.55. The molecule has 0 spiro atoms. The molecule has 1 atom stereocenters. The standard InChI is InChI=1S/C10H14N4O2S3/c1-6(2)8(7-4-3-5-17-7)14-19(15,16)10-13-12-9(11)18-10/h3-6,8,14H,1-2H3,(H2,11,12). The van der Waals surface area contributed by atoms with E-state index >= 15 is 0 Å². The molecule has 0 radical (unpaired) electrons. The lowest BCUT2D eigenvalue weighted by atomic mass is 10.0. The Kier molecular flexibility index (Phi) is 4.19. The van der Waals surface area contributed by atoms with Crippen molar-refractivity contribution < 1.29 is 8.42 Å². The minimum atomic E-state index is -3.69. The molecule has 3 N–H and O–H groups in total. The highest BCUT2D eigenvalue weighted by Gasteiger charge is 2.27. The summed E-state index contributed by atoms with van der Waals surface area (Å²) in [6.07, 6.45) is 0. The van der Waals surface area contributed by atoms with Crippen LogP contribution >= 0.6 is 22.7 Å². The summed E-state index contributed by atoms with van der Waals surface area (Å²) in [6, 6.07) is 3.52. The number of aromatic nitrogens is 2. The zero-order valence-electron chi connectivity index (χ0n) is 10.4. The van der Waals surface area contributed by atoms with Crippen LogP contribution in [0.5, 0.6) is 0 Å². The highest BCUT2D eigenvalue weighted by Crippen LogP contribution is 2.28. The van der Waals surface area contributed by atoms with E-state index in [2.05, 4.69) is 14.9 Å². The van der Waals surface area contributed by atoms with Crippen LogP contribution < -0.4 is 10.5 Å². The molecule has 104 valence electrons. The molecule has 0 aliphatic heterocycles. The number of rotatable bonds is 5. The van der Waals surface area contributed by atoms with E-state index in [1.165, 1.54) is 11.3 Å². The van der Waals surface area contributed by atoms with Crippen LogP contribution in [-0.4, -0.2) is 18.6 Å². The van der Waals surface area contributed by atoms with Crippen LogP contribution in [0.3, 0.4) is 0 Å². The Labute approximate surface area is 119 Å². The third kappa shape index (κ3) is 3.30. The lowest BCUT2D eigenvalue weighted by Crippen LogP contribution is -2.31. The second-order valence-corrected chi connectivity index (χ2v) is 8.14. The van der Waals surface area contributed by atoms with E-state index < -0.39 is 10.0 Å². The lowest BCUT2D eigenvalue weighted by Gasteiger charge is -2.20. The van der Waals surface area contributed by atoms with Crippen molar-refractivity contribution in [1.82, 2.24) is 14.9 Å². The Hall–Kier alpha value is -1.03. The number of nitrogens with two attached hydrogens (primary N) is 1. The second-order valence-electron chi connectivity index (χ2n) is 4.26. The average Bonchev–Trinajstić information content (AvgIpc) is 2.96. The van der Waals surface area contributed by atoms with E-state index in [0.717, 1.165) is 16.2 Å². The van der Waals surface area contributed by atoms with Crippen molar-refractivity contribution in [2.75, 3.05) is 5.73 Å². The molecule has 2 aromatic heterocycles. The molecule has 2 rings (SSSR count). The first-order valence-corrected chi connectivity index (χ1v) is 8.73. The zero-order chi connectivity index (χ0) is 14.0. The van der Waals surface area contributed by atoms with Crippen LogP contribution in [-0.2, 0) is 10.0 Å². The second kappa shape index (κ2) is 5.53. The molecule has 0 fully saturated rings. The van der Waals surface area contributed by atoms with Gasteiger partial charge in [0.15, 0.2) is 0 Å². The van der Waals surface area contributed by atoms with Gasteiger partial charge in [-0.25, -0.2) is 13.1 Å². The number of anilines is 1. The number of nitrogens with zero attached hydrogens (tertiary/aromatic N) is 2. The molecule has 2 heterocycles. The van der Waals surface area contributed by atoms with Crippen LogP contribution in [0.15, 0.2) is 21.9 Å². The van der Waals surface area contributed by atoms with Crippen molar-refractivity contribution in [1.29, 1.82) is 0 Å². The predicted octanol–water partition coefficient (Wildman–Crippen LogP) is 1.86. The molecule has 0 saturated heterocycles. The molecule has 0 amide bonds. The highest BCUT2D eigenvalue weighted by molar-refractivity contribution is 7.91. The van der Waals surface area contributed by atoms with Crippen molar-refractivity contribution in [3.05, 3.63) is 22.4 Å². The molecule has 1 unspecified atom stereocenters. The summed E-state index contributed by atoms with van der Waals surface area (Å²) in [7, 11) is -3.69. The lowest BCUT2D eigenvalue weighted by molar-refractivity contribution is 0.468. The molecule has 0 aliphatic rings. The number of nitrogens with one attached hydrogen (secondary N) is 1. The van der Waals surface area contributed by atoms with Crippen molar-refractivity contribution in [2.45, 2.75) is 24.2 Å². The fourth-order valence-electron chi connectivity index (χ4n) is 1.54. The average molecular weight is 318 g/mol.